The number of hydrogen-bond acceptors (Lipinski definition) is 7. The number of methoxy groups -OCH3 is 1. The van der Waals surface area contributed by atoms with Crippen molar-refractivity contribution in [1.29, 1.82) is 5.26 Å². The third-order valence-electron chi connectivity index (χ3n) is 2.41. The molecule has 0 aliphatic heterocycles. The maximum absolute atomic E-state index is 11.0. The van der Waals surface area contributed by atoms with Crippen molar-refractivity contribution in [2.24, 2.45) is 0 Å². The molecule has 102 valence electrons. The molecular formula is C11H14N4O4. The van der Waals surface area contributed by atoms with E-state index in [2.05, 4.69) is 4.98 Å². The van der Waals surface area contributed by atoms with Gasteiger partial charge in [0.25, 0.3) is 0 Å². The van der Waals surface area contributed by atoms with Crippen LogP contribution in [0.25, 0.3) is 0 Å². The average molecular weight is 266 g/mol. The number of aromatic nitrogens is 1. The molecular weight excluding hydrogens is 252 g/mol. The van der Waals surface area contributed by atoms with Crippen LogP contribution in [0.2, 0.25) is 0 Å². The highest BCUT2D eigenvalue weighted by atomic mass is 16.6. The predicted octanol–water partition coefficient (Wildman–Crippen LogP) is 0.305. The molecule has 0 spiro atoms. The van der Waals surface area contributed by atoms with E-state index >= 15 is 0 Å². The Labute approximate surface area is 110 Å². The highest BCUT2D eigenvalue weighted by molar-refractivity contribution is 5.65. The molecule has 1 heterocycles. The van der Waals surface area contributed by atoms with Gasteiger partial charge in [-0.05, 0) is 6.07 Å². The Morgan fingerprint density at radius 2 is 2.42 bits per heavy atom. The number of hydrogen-bond donors (Lipinski definition) is 1. The molecule has 8 heteroatoms. The van der Waals surface area contributed by atoms with Crippen LogP contribution in [0.15, 0.2) is 12.3 Å². The summed E-state index contributed by atoms with van der Waals surface area (Å²) in [6.07, 6.45) is 0.516. The molecule has 1 atom stereocenters. The summed E-state index contributed by atoms with van der Waals surface area (Å²) in [5, 5.41) is 29.5. The molecule has 1 aromatic rings. The molecule has 1 N–H and O–H groups in total. The summed E-state index contributed by atoms with van der Waals surface area (Å²) in [4.78, 5) is 15.7. The van der Waals surface area contributed by atoms with Crippen molar-refractivity contribution in [2.45, 2.75) is 6.10 Å². The fourth-order valence-corrected chi connectivity index (χ4v) is 1.64. The van der Waals surface area contributed by atoms with Gasteiger partial charge >= 0.3 is 5.69 Å². The summed E-state index contributed by atoms with van der Waals surface area (Å²) in [6.45, 7) is 0.215. The predicted molar refractivity (Wildman–Crippen MR) is 66.8 cm³/mol. The van der Waals surface area contributed by atoms with Crippen molar-refractivity contribution in [2.75, 3.05) is 32.2 Å². The number of nitro groups is 1. The number of anilines is 1. The smallest absolute Gasteiger partial charge is 0.329 e. The normalized spacial score (nSPS) is 11.7. The Bertz CT molecular complexity index is 500. The van der Waals surface area contributed by atoms with Gasteiger partial charge in [0.1, 0.15) is 11.6 Å². The van der Waals surface area contributed by atoms with E-state index in [0.29, 0.717) is 0 Å². The van der Waals surface area contributed by atoms with E-state index < -0.39 is 11.0 Å². The molecule has 0 bridgehead atoms. The Hall–Kier alpha value is -2.24. The van der Waals surface area contributed by atoms with Crippen molar-refractivity contribution < 1.29 is 14.8 Å². The van der Waals surface area contributed by atoms with Gasteiger partial charge in [-0.3, -0.25) is 10.1 Å². The quantitative estimate of drug-likeness (QED) is 0.582. The van der Waals surface area contributed by atoms with Gasteiger partial charge < -0.3 is 14.7 Å². The largest absolute Gasteiger partial charge is 0.389 e. The first kappa shape index (κ1) is 14.8. The van der Waals surface area contributed by atoms with E-state index in [9.17, 15) is 15.2 Å². The Morgan fingerprint density at radius 3 is 2.95 bits per heavy atom. The van der Waals surface area contributed by atoms with Gasteiger partial charge in [-0.15, -0.1) is 0 Å². The average Bonchev–Trinajstić information content (AvgIpc) is 2.37. The number of aliphatic hydroxyl groups is 1. The first-order valence-electron chi connectivity index (χ1n) is 5.42. The Kier molecular flexibility index (Phi) is 5.17. The minimum absolute atomic E-state index is 0.0409. The van der Waals surface area contributed by atoms with Crippen LogP contribution >= 0.6 is 0 Å². The molecule has 0 saturated heterocycles. The molecule has 0 aliphatic rings. The molecule has 0 radical (unpaired) electrons. The van der Waals surface area contributed by atoms with Crippen LogP contribution in [0.1, 0.15) is 5.56 Å². The van der Waals surface area contributed by atoms with Crippen LogP contribution in [-0.2, 0) is 4.74 Å². The Morgan fingerprint density at radius 1 is 1.74 bits per heavy atom. The molecule has 0 aromatic carbocycles. The first-order chi connectivity index (χ1) is 9.01. The number of pyridine rings is 1. The summed E-state index contributed by atoms with van der Waals surface area (Å²) in [6, 6.07) is 3.03. The van der Waals surface area contributed by atoms with Crippen LogP contribution < -0.4 is 4.90 Å². The van der Waals surface area contributed by atoms with Crippen LogP contribution in [-0.4, -0.2) is 48.4 Å². The molecule has 0 fully saturated rings. The molecule has 1 rings (SSSR count). The fourth-order valence-electron chi connectivity index (χ4n) is 1.64. The summed E-state index contributed by atoms with van der Waals surface area (Å²) in [5.41, 5.74) is -0.430. The highest BCUT2D eigenvalue weighted by Crippen LogP contribution is 2.28. The second-order valence-electron chi connectivity index (χ2n) is 3.89. The summed E-state index contributed by atoms with van der Waals surface area (Å²) < 4.78 is 4.78. The van der Waals surface area contributed by atoms with Crippen molar-refractivity contribution in [3.8, 4) is 6.07 Å². The van der Waals surface area contributed by atoms with Gasteiger partial charge in [-0.1, -0.05) is 0 Å². The van der Waals surface area contributed by atoms with Crippen molar-refractivity contribution in [3.63, 3.8) is 0 Å². The van der Waals surface area contributed by atoms with Crippen LogP contribution in [0, 0.1) is 21.4 Å². The number of aliphatic hydroxyl groups excluding tert-OH is 1. The van der Waals surface area contributed by atoms with Crippen molar-refractivity contribution >= 4 is 11.5 Å². The van der Waals surface area contributed by atoms with Gasteiger partial charge in [0.2, 0.25) is 5.82 Å². The summed E-state index contributed by atoms with van der Waals surface area (Å²) in [5.74, 6) is 0.0409. The third kappa shape index (κ3) is 3.61. The minimum Gasteiger partial charge on any atom is -0.389 e. The van der Waals surface area contributed by atoms with Gasteiger partial charge in [0.05, 0.1) is 17.6 Å². The lowest BCUT2D eigenvalue weighted by molar-refractivity contribution is -0.384. The van der Waals surface area contributed by atoms with E-state index in [1.807, 2.05) is 0 Å². The second-order valence-corrected chi connectivity index (χ2v) is 3.89. The number of nitriles is 1. The maximum atomic E-state index is 11.0. The number of likely N-dealkylation sites (N-methyl/N-ethyl adjacent to an activating group) is 1. The van der Waals surface area contributed by atoms with E-state index in [0.717, 1.165) is 0 Å². The number of rotatable bonds is 6. The van der Waals surface area contributed by atoms with Gasteiger partial charge in [-0.2, -0.15) is 5.26 Å². The monoisotopic (exact) mass is 266 g/mol. The number of ether oxygens (including phenoxy) is 1. The lowest BCUT2D eigenvalue weighted by Crippen LogP contribution is -2.32. The molecule has 0 saturated carbocycles. The van der Waals surface area contributed by atoms with Crippen LogP contribution in [0.3, 0.4) is 0 Å². The third-order valence-corrected chi connectivity index (χ3v) is 2.41. The topological polar surface area (TPSA) is 113 Å². The standard InChI is InChI=1S/C11H14N4O4/c1-14(6-9(16)7-19-2)11-10(15(17)18)8(5-12)3-4-13-11/h3-4,9,16H,6-7H2,1-2H3. The van der Waals surface area contributed by atoms with Gasteiger partial charge in [0, 0.05) is 26.9 Å². The minimum atomic E-state index is -0.804. The van der Waals surface area contributed by atoms with Crippen LogP contribution in [0.4, 0.5) is 11.5 Å². The van der Waals surface area contributed by atoms with E-state index in [-0.39, 0.29) is 30.2 Å². The van der Waals surface area contributed by atoms with Gasteiger partial charge in [0.15, 0.2) is 0 Å². The number of nitrogens with zero attached hydrogens (tertiary/aromatic N) is 4. The van der Waals surface area contributed by atoms with Crippen molar-refractivity contribution in [3.05, 3.63) is 27.9 Å². The zero-order valence-corrected chi connectivity index (χ0v) is 10.6. The molecule has 19 heavy (non-hydrogen) atoms. The second kappa shape index (κ2) is 6.63. The molecule has 1 aromatic heterocycles. The maximum Gasteiger partial charge on any atom is 0.329 e. The Balaban J connectivity index is 3.06. The fraction of sp³-hybridized carbons (Fsp3) is 0.455. The zero-order valence-electron chi connectivity index (χ0n) is 10.6. The molecule has 0 amide bonds. The first-order valence-corrected chi connectivity index (χ1v) is 5.42. The van der Waals surface area contributed by atoms with Gasteiger partial charge in [-0.25, -0.2) is 4.98 Å². The molecule has 8 nitrogen and oxygen atoms in total. The molecule has 0 aliphatic carbocycles. The lowest BCUT2D eigenvalue weighted by Gasteiger charge is -2.21. The summed E-state index contributed by atoms with van der Waals surface area (Å²) in [7, 11) is 3.00. The van der Waals surface area contributed by atoms with E-state index in [1.54, 1.807) is 13.1 Å². The molecule has 1 unspecified atom stereocenters. The zero-order chi connectivity index (χ0) is 14.4. The SMILES string of the molecule is COCC(O)CN(C)c1nccc(C#N)c1[N+](=O)[O-]. The van der Waals surface area contributed by atoms with Crippen molar-refractivity contribution in [1.82, 2.24) is 4.98 Å². The summed E-state index contributed by atoms with van der Waals surface area (Å²) >= 11 is 0. The van der Waals surface area contributed by atoms with Crippen LogP contribution in [0.5, 0.6) is 0 Å². The van der Waals surface area contributed by atoms with E-state index in [4.69, 9.17) is 10.00 Å². The highest BCUT2D eigenvalue weighted by Gasteiger charge is 2.24. The lowest BCUT2D eigenvalue weighted by atomic mass is 10.2. The van der Waals surface area contributed by atoms with E-state index in [1.165, 1.54) is 24.3 Å².